The summed E-state index contributed by atoms with van der Waals surface area (Å²) in [6.07, 6.45) is 0. The predicted molar refractivity (Wildman–Crippen MR) is 75.9 cm³/mol. The lowest BCUT2D eigenvalue weighted by molar-refractivity contribution is -0.132. The van der Waals surface area contributed by atoms with Crippen LogP contribution in [0.2, 0.25) is 0 Å². The lowest BCUT2D eigenvalue weighted by Gasteiger charge is -2.30. The predicted octanol–water partition coefficient (Wildman–Crippen LogP) is -1.58. The number of ether oxygens (including phenoxy) is 1. The molecule has 1 aliphatic heterocycles. The summed E-state index contributed by atoms with van der Waals surface area (Å²) in [6, 6.07) is 0. The second-order valence-corrected chi connectivity index (χ2v) is 5.57. The highest BCUT2D eigenvalue weighted by Gasteiger charge is 2.34. The van der Waals surface area contributed by atoms with Crippen LogP contribution >= 0.6 is 11.3 Å². The Morgan fingerprint density at radius 2 is 2.43 bits per heavy atom. The van der Waals surface area contributed by atoms with Gasteiger partial charge in [0.15, 0.2) is 0 Å². The molecule has 4 N–H and O–H groups in total. The first kappa shape index (κ1) is 15.8. The highest BCUT2D eigenvalue weighted by molar-refractivity contribution is 7.07. The Balaban J connectivity index is 1.95. The molecule has 1 aromatic heterocycles. The Kier molecular flexibility index (Phi) is 5.23. The largest absolute Gasteiger partial charge is 0.384 e. The van der Waals surface area contributed by atoms with Crippen LogP contribution in [0.15, 0.2) is 10.9 Å². The molecule has 1 aromatic rings. The Morgan fingerprint density at radius 1 is 1.62 bits per heavy atom. The summed E-state index contributed by atoms with van der Waals surface area (Å²) in [5.41, 5.74) is 5.85. The maximum absolute atomic E-state index is 11.8. The molecule has 0 saturated carbocycles. The molecular formula is C12H18N4O4S. The maximum atomic E-state index is 11.8. The second-order valence-electron chi connectivity index (χ2n) is 4.85. The lowest BCUT2D eigenvalue weighted by Crippen LogP contribution is -2.54. The molecule has 8 nitrogen and oxygen atoms in total. The minimum atomic E-state index is -1.34. The Morgan fingerprint density at radius 3 is 3.10 bits per heavy atom. The molecule has 0 spiro atoms. The zero-order valence-corrected chi connectivity index (χ0v) is 12.3. The fourth-order valence-electron chi connectivity index (χ4n) is 2.03. The van der Waals surface area contributed by atoms with Gasteiger partial charge in [-0.3, -0.25) is 9.59 Å². The molecule has 1 fully saturated rings. The van der Waals surface area contributed by atoms with E-state index in [2.05, 4.69) is 10.3 Å². The molecule has 0 aromatic carbocycles. The first-order chi connectivity index (χ1) is 10.0. The van der Waals surface area contributed by atoms with Gasteiger partial charge in [0, 0.05) is 11.9 Å². The van der Waals surface area contributed by atoms with E-state index in [0.717, 1.165) is 0 Å². The molecule has 2 heterocycles. The third-order valence-corrected chi connectivity index (χ3v) is 3.72. The Labute approximate surface area is 125 Å². The van der Waals surface area contributed by atoms with Crippen molar-refractivity contribution in [2.45, 2.75) is 5.60 Å². The summed E-state index contributed by atoms with van der Waals surface area (Å²) < 4.78 is 5.31. The molecule has 1 saturated heterocycles. The third kappa shape index (κ3) is 4.21. The van der Waals surface area contributed by atoms with Gasteiger partial charge in [-0.25, -0.2) is 4.98 Å². The molecule has 2 rings (SSSR count). The SMILES string of the molecule is NCC(=O)N1CCOC[C@](O)(CNC(=O)c2cscn2)C1. The van der Waals surface area contributed by atoms with E-state index in [0.29, 0.717) is 18.8 Å². The monoisotopic (exact) mass is 314 g/mol. The van der Waals surface area contributed by atoms with E-state index in [-0.39, 0.29) is 38.1 Å². The summed E-state index contributed by atoms with van der Waals surface area (Å²) in [7, 11) is 0. The van der Waals surface area contributed by atoms with Gasteiger partial charge in [-0.1, -0.05) is 0 Å². The second kappa shape index (κ2) is 6.94. The summed E-state index contributed by atoms with van der Waals surface area (Å²) in [6.45, 7) is 0.657. The number of aliphatic hydroxyl groups is 1. The summed E-state index contributed by atoms with van der Waals surface area (Å²) in [5, 5.41) is 14.7. The van der Waals surface area contributed by atoms with Crippen LogP contribution in [0.1, 0.15) is 10.5 Å². The standard InChI is InChI=1S/C12H18N4O4S/c13-3-10(17)16-1-2-20-7-12(19,6-16)5-14-11(18)9-4-21-8-15-9/h4,8,19H,1-3,5-7,13H2,(H,14,18)/t12-/m0/s1. The fourth-order valence-corrected chi connectivity index (χ4v) is 2.56. The van der Waals surface area contributed by atoms with Crippen LogP contribution in [0.3, 0.4) is 0 Å². The van der Waals surface area contributed by atoms with Crippen molar-refractivity contribution in [3.8, 4) is 0 Å². The van der Waals surface area contributed by atoms with Gasteiger partial charge in [0.1, 0.15) is 11.3 Å². The van der Waals surface area contributed by atoms with Gasteiger partial charge in [-0.05, 0) is 0 Å². The first-order valence-corrected chi connectivity index (χ1v) is 7.43. The number of amides is 2. The molecule has 116 valence electrons. The smallest absolute Gasteiger partial charge is 0.270 e. The average molecular weight is 314 g/mol. The van der Waals surface area contributed by atoms with Gasteiger partial charge in [-0.2, -0.15) is 0 Å². The molecule has 9 heteroatoms. The molecule has 21 heavy (non-hydrogen) atoms. The molecule has 0 unspecified atom stereocenters. The first-order valence-electron chi connectivity index (χ1n) is 6.48. The number of thiazole rings is 1. The number of carbonyl (C=O) groups excluding carboxylic acids is 2. The summed E-state index contributed by atoms with van der Waals surface area (Å²) >= 11 is 1.31. The van der Waals surface area contributed by atoms with Crippen LogP contribution in [0, 0.1) is 0 Å². The van der Waals surface area contributed by atoms with Crippen molar-refractivity contribution in [2.75, 3.05) is 39.4 Å². The minimum absolute atomic E-state index is 0.0300. The molecular weight excluding hydrogens is 296 g/mol. The number of carbonyl (C=O) groups is 2. The van der Waals surface area contributed by atoms with Crippen molar-refractivity contribution in [1.29, 1.82) is 0 Å². The molecule has 0 bridgehead atoms. The number of aromatic nitrogens is 1. The van der Waals surface area contributed by atoms with E-state index in [1.165, 1.54) is 16.2 Å². The minimum Gasteiger partial charge on any atom is -0.384 e. The van der Waals surface area contributed by atoms with Crippen molar-refractivity contribution in [3.05, 3.63) is 16.6 Å². The molecule has 0 radical (unpaired) electrons. The van der Waals surface area contributed by atoms with E-state index in [1.54, 1.807) is 10.9 Å². The fraction of sp³-hybridized carbons (Fsp3) is 0.583. The zero-order chi connectivity index (χ0) is 15.3. The van der Waals surface area contributed by atoms with Crippen molar-refractivity contribution >= 4 is 23.2 Å². The average Bonchev–Trinajstić information content (AvgIpc) is 2.94. The van der Waals surface area contributed by atoms with Gasteiger partial charge < -0.3 is 25.8 Å². The summed E-state index contributed by atoms with van der Waals surface area (Å²) in [5.74, 6) is -0.629. The maximum Gasteiger partial charge on any atom is 0.270 e. The highest BCUT2D eigenvalue weighted by Crippen LogP contribution is 2.12. The lowest BCUT2D eigenvalue weighted by atomic mass is 10.0. The van der Waals surface area contributed by atoms with Crippen molar-refractivity contribution in [1.82, 2.24) is 15.2 Å². The third-order valence-electron chi connectivity index (χ3n) is 3.13. The molecule has 2 amide bonds. The van der Waals surface area contributed by atoms with E-state index in [4.69, 9.17) is 10.5 Å². The van der Waals surface area contributed by atoms with Crippen LogP contribution < -0.4 is 11.1 Å². The van der Waals surface area contributed by atoms with E-state index >= 15 is 0 Å². The highest BCUT2D eigenvalue weighted by atomic mass is 32.1. The zero-order valence-electron chi connectivity index (χ0n) is 11.4. The van der Waals surface area contributed by atoms with E-state index < -0.39 is 5.60 Å². The van der Waals surface area contributed by atoms with Crippen molar-refractivity contribution < 1.29 is 19.4 Å². The molecule has 1 aliphatic rings. The van der Waals surface area contributed by atoms with Crippen LogP contribution in [-0.4, -0.2) is 71.8 Å². The van der Waals surface area contributed by atoms with Gasteiger partial charge in [0.2, 0.25) is 5.91 Å². The van der Waals surface area contributed by atoms with Crippen LogP contribution in [0.5, 0.6) is 0 Å². The van der Waals surface area contributed by atoms with Gasteiger partial charge in [0.05, 0.1) is 38.4 Å². The number of hydrogen-bond acceptors (Lipinski definition) is 7. The Hall–Kier alpha value is -1.55. The normalized spacial score (nSPS) is 22.7. The van der Waals surface area contributed by atoms with E-state index in [1.807, 2.05) is 0 Å². The van der Waals surface area contributed by atoms with Crippen LogP contribution in [-0.2, 0) is 9.53 Å². The van der Waals surface area contributed by atoms with Crippen molar-refractivity contribution in [3.63, 3.8) is 0 Å². The summed E-state index contributed by atoms with van der Waals surface area (Å²) in [4.78, 5) is 28.8. The number of nitrogens with two attached hydrogens (primary N) is 1. The van der Waals surface area contributed by atoms with Crippen LogP contribution in [0.25, 0.3) is 0 Å². The van der Waals surface area contributed by atoms with Gasteiger partial charge in [-0.15, -0.1) is 11.3 Å². The van der Waals surface area contributed by atoms with Gasteiger partial charge in [0.25, 0.3) is 5.91 Å². The molecule has 0 aliphatic carbocycles. The number of rotatable bonds is 4. The Bertz CT molecular complexity index is 495. The quantitative estimate of drug-likeness (QED) is 0.617. The van der Waals surface area contributed by atoms with Gasteiger partial charge >= 0.3 is 0 Å². The number of nitrogens with one attached hydrogen (secondary N) is 1. The number of hydrogen-bond donors (Lipinski definition) is 3. The molecule has 1 atom stereocenters. The van der Waals surface area contributed by atoms with Crippen molar-refractivity contribution in [2.24, 2.45) is 5.73 Å². The number of β-amino-alcohol motifs (C(OH)–C–C–N with tert-alkyl or cyclic N) is 1. The van der Waals surface area contributed by atoms with E-state index in [9.17, 15) is 14.7 Å². The van der Waals surface area contributed by atoms with Crippen LogP contribution in [0.4, 0.5) is 0 Å². The number of nitrogens with zero attached hydrogens (tertiary/aromatic N) is 2. The topological polar surface area (TPSA) is 118 Å².